The highest BCUT2D eigenvalue weighted by atomic mass is 32.1. The summed E-state index contributed by atoms with van der Waals surface area (Å²) in [4.78, 5) is 12.0. The fraction of sp³-hybridized carbons (Fsp3) is 0.211. The topological polar surface area (TPSA) is 52.1 Å². The van der Waals surface area contributed by atoms with Gasteiger partial charge in [0.05, 0.1) is 0 Å². The molecule has 1 heterocycles. The monoisotopic (exact) mass is 338 g/mol. The minimum absolute atomic E-state index is 0.223. The number of ether oxygens (including phenoxy) is 1. The summed E-state index contributed by atoms with van der Waals surface area (Å²) < 4.78 is 5.40. The fourth-order valence-corrected chi connectivity index (χ4v) is 3.07. The van der Waals surface area contributed by atoms with E-state index >= 15 is 0 Å². The number of nitrogens with zero attached hydrogens (tertiary/aromatic N) is 2. The van der Waals surface area contributed by atoms with Crippen molar-refractivity contribution in [2.24, 2.45) is 0 Å². The molecule has 0 radical (unpaired) electrons. The molecule has 1 aromatic heterocycles. The standard InChI is InChI=1S/C19H18N2O2S/c1-13-3-4-15(14(2)11-13)7-10-18(22)23-17-8-5-16(6-9-17)19-21-20-12-24-19/h3-6,8-9,11-12H,7,10H2,1-2H3. The molecule has 0 aliphatic heterocycles. The van der Waals surface area contributed by atoms with Crippen LogP contribution in [0.3, 0.4) is 0 Å². The lowest BCUT2D eigenvalue weighted by Crippen LogP contribution is -2.09. The van der Waals surface area contributed by atoms with Crippen LogP contribution in [-0.2, 0) is 11.2 Å². The summed E-state index contributed by atoms with van der Waals surface area (Å²) in [6.07, 6.45) is 1.05. The van der Waals surface area contributed by atoms with Gasteiger partial charge in [-0.05, 0) is 55.7 Å². The van der Waals surface area contributed by atoms with Gasteiger partial charge in [0.25, 0.3) is 0 Å². The Hall–Kier alpha value is -2.53. The molecule has 2 aromatic carbocycles. The molecule has 0 saturated heterocycles. The number of aromatic nitrogens is 2. The summed E-state index contributed by atoms with van der Waals surface area (Å²) in [6.45, 7) is 4.14. The molecule has 0 aliphatic carbocycles. The zero-order valence-corrected chi connectivity index (χ0v) is 14.5. The second kappa shape index (κ2) is 7.36. The molecule has 0 N–H and O–H groups in total. The molecule has 0 bridgehead atoms. The van der Waals surface area contributed by atoms with Crippen LogP contribution < -0.4 is 4.74 Å². The molecule has 0 spiro atoms. The number of esters is 1. The van der Waals surface area contributed by atoms with Crippen LogP contribution in [-0.4, -0.2) is 16.2 Å². The summed E-state index contributed by atoms with van der Waals surface area (Å²) in [5.74, 6) is 0.326. The number of carbonyl (C=O) groups excluding carboxylic acids is 1. The second-order valence-corrected chi connectivity index (χ2v) is 6.51. The zero-order valence-electron chi connectivity index (χ0n) is 13.7. The van der Waals surface area contributed by atoms with E-state index < -0.39 is 0 Å². The quantitative estimate of drug-likeness (QED) is 0.512. The van der Waals surface area contributed by atoms with Gasteiger partial charge in [-0.2, -0.15) is 0 Å². The van der Waals surface area contributed by atoms with E-state index in [1.165, 1.54) is 28.0 Å². The first-order valence-electron chi connectivity index (χ1n) is 7.75. The molecule has 0 amide bonds. The van der Waals surface area contributed by atoms with E-state index in [0.717, 1.165) is 10.6 Å². The van der Waals surface area contributed by atoms with Gasteiger partial charge in [0.1, 0.15) is 16.3 Å². The SMILES string of the molecule is Cc1ccc(CCC(=O)Oc2ccc(-c3nncs3)cc2)c(C)c1. The molecule has 3 aromatic rings. The van der Waals surface area contributed by atoms with Crippen LogP contribution in [0.15, 0.2) is 48.0 Å². The van der Waals surface area contributed by atoms with Gasteiger partial charge in [0, 0.05) is 12.0 Å². The van der Waals surface area contributed by atoms with E-state index in [1.54, 1.807) is 17.6 Å². The second-order valence-electron chi connectivity index (χ2n) is 5.67. The molecular formula is C19H18N2O2S. The minimum atomic E-state index is -0.223. The maximum atomic E-state index is 12.0. The third-order valence-electron chi connectivity index (χ3n) is 3.79. The summed E-state index contributed by atoms with van der Waals surface area (Å²) in [6, 6.07) is 13.6. The van der Waals surface area contributed by atoms with Gasteiger partial charge in [0.15, 0.2) is 0 Å². The van der Waals surface area contributed by atoms with Crippen LogP contribution in [0.25, 0.3) is 10.6 Å². The normalized spacial score (nSPS) is 10.6. The van der Waals surface area contributed by atoms with Crippen molar-refractivity contribution in [3.05, 3.63) is 64.7 Å². The maximum absolute atomic E-state index is 12.0. The molecule has 122 valence electrons. The fourth-order valence-electron chi connectivity index (χ4n) is 2.51. The number of rotatable bonds is 5. The first-order chi connectivity index (χ1) is 11.6. The Morgan fingerprint density at radius 3 is 2.58 bits per heavy atom. The third kappa shape index (κ3) is 4.06. The molecule has 0 aliphatic rings. The van der Waals surface area contributed by atoms with Crippen LogP contribution >= 0.6 is 11.3 Å². The van der Waals surface area contributed by atoms with Crippen molar-refractivity contribution in [3.63, 3.8) is 0 Å². The van der Waals surface area contributed by atoms with Gasteiger partial charge >= 0.3 is 5.97 Å². The Morgan fingerprint density at radius 1 is 1.12 bits per heavy atom. The number of hydrogen-bond acceptors (Lipinski definition) is 5. The lowest BCUT2D eigenvalue weighted by molar-refractivity contribution is -0.134. The molecule has 5 heteroatoms. The van der Waals surface area contributed by atoms with Crippen molar-refractivity contribution < 1.29 is 9.53 Å². The van der Waals surface area contributed by atoms with Crippen LogP contribution in [0.1, 0.15) is 23.1 Å². The van der Waals surface area contributed by atoms with Crippen molar-refractivity contribution in [1.29, 1.82) is 0 Å². The Bertz CT molecular complexity index is 827. The van der Waals surface area contributed by atoms with E-state index in [-0.39, 0.29) is 5.97 Å². The minimum Gasteiger partial charge on any atom is -0.427 e. The van der Waals surface area contributed by atoms with E-state index in [9.17, 15) is 4.79 Å². The van der Waals surface area contributed by atoms with Crippen molar-refractivity contribution in [1.82, 2.24) is 10.2 Å². The summed E-state index contributed by atoms with van der Waals surface area (Å²) >= 11 is 1.47. The van der Waals surface area contributed by atoms with E-state index in [1.807, 2.05) is 12.1 Å². The summed E-state index contributed by atoms with van der Waals surface area (Å²) in [7, 11) is 0. The van der Waals surface area contributed by atoms with Gasteiger partial charge in [-0.25, -0.2) is 0 Å². The highest BCUT2D eigenvalue weighted by Crippen LogP contribution is 2.23. The van der Waals surface area contributed by atoms with E-state index in [2.05, 4.69) is 42.2 Å². The van der Waals surface area contributed by atoms with Crippen molar-refractivity contribution >= 4 is 17.3 Å². The molecule has 4 nitrogen and oxygen atoms in total. The molecule has 0 fully saturated rings. The van der Waals surface area contributed by atoms with Crippen LogP contribution in [0.5, 0.6) is 5.75 Å². The largest absolute Gasteiger partial charge is 0.427 e. The molecule has 0 atom stereocenters. The smallest absolute Gasteiger partial charge is 0.311 e. The van der Waals surface area contributed by atoms with E-state index in [4.69, 9.17) is 4.74 Å². The first-order valence-corrected chi connectivity index (χ1v) is 8.63. The Balaban J connectivity index is 1.56. The number of carbonyl (C=O) groups is 1. The summed E-state index contributed by atoms with van der Waals surface area (Å²) in [5, 5.41) is 8.68. The van der Waals surface area contributed by atoms with Gasteiger partial charge in [-0.3, -0.25) is 4.79 Å². The lowest BCUT2D eigenvalue weighted by Gasteiger charge is -2.07. The molecule has 3 rings (SSSR count). The Kier molecular flexibility index (Phi) is 5.01. The molecule has 0 unspecified atom stereocenters. The van der Waals surface area contributed by atoms with Gasteiger partial charge < -0.3 is 4.74 Å². The zero-order chi connectivity index (χ0) is 16.9. The van der Waals surface area contributed by atoms with Crippen LogP contribution in [0.4, 0.5) is 0 Å². The lowest BCUT2D eigenvalue weighted by atomic mass is 10.0. The highest BCUT2D eigenvalue weighted by molar-refractivity contribution is 7.12. The van der Waals surface area contributed by atoms with Crippen molar-refractivity contribution in [2.45, 2.75) is 26.7 Å². The van der Waals surface area contributed by atoms with Crippen molar-refractivity contribution in [3.8, 4) is 16.3 Å². The molecular weight excluding hydrogens is 320 g/mol. The maximum Gasteiger partial charge on any atom is 0.311 e. The average Bonchev–Trinajstić information content (AvgIpc) is 3.09. The third-order valence-corrected chi connectivity index (χ3v) is 4.53. The predicted molar refractivity (Wildman–Crippen MR) is 95.2 cm³/mol. The highest BCUT2D eigenvalue weighted by Gasteiger charge is 2.08. The molecule has 24 heavy (non-hydrogen) atoms. The number of benzene rings is 2. The van der Waals surface area contributed by atoms with Crippen LogP contribution in [0, 0.1) is 13.8 Å². The molecule has 0 saturated carbocycles. The van der Waals surface area contributed by atoms with E-state index in [0.29, 0.717) is 18.6 Å². The first kappa shape index (κ1) is 16.3. The van der Waals surface area contributed by atoms with Gasteiger partial charge in [-0.15, -0.1) is 10.2 Å². The van der Waals surface area contributed by atoms with Crippen LogP contribution in [0.2, 0.25) is 0 Å². The van der Waals surface area contributed by atoms with Gasteiger partial charge in [-0.1, -0.05) is 35.1 Å². The number of hydrogen-bond donors (Lipinski definition) is 0. The average molecular weight is 338 g/mol. The Labute approximate surface area is 145 Å². The van der Waals surface area contributed by atoms with Crippen molar-refractivity contribution in [2.75, 3.05) is 0 Å². The number of aryl methyl sites for hydroxylation is 3. The predicted octanol–water partition coefficient (Wildman–Crippen LogP) is 4.36. The summed E-state index contributed by atoms with van der Waals surface area (Å²) in [5.41, 5.74) is 6.28. The Morgan fingerprint density at radius 2 is 1.92 bits per heavy atom. The van der Waals surface area contributed by atoms with Gasteiger partial charge in [0.2, 0.25) is 0 Å².